The molecule has 0 aromatic heterocycles. The maximum Gasteiger partial charge on any atom is 0.283 e. The first-order valence-corrected chi connectivity index (χ1v) is 6.58. The zero-order valence-electron chi connectivity index (χ0n) is 12.8. The molecule has 0 saturated heterocycles. The van der Waals surface area contributed by atoms with E-state index in [1.165, 1.54) is 13.2 Å². The van der Waals surface area contributed by atoms with Gasteiger partial charge in [-0.25, -0.2) is 0 Å². The minimum Gasteiger partial charge on any atom is -0.622 e. The van der Waals surface area contributed by atoms with Crippen LogP contribution in [0.15, 0.2) is 24.3 Å². The maximum absolute atomic E-state index is 12.7. The lowest BCUT2D eigenvalue weighted by atomic mass is 9.91. The van der Waals surface area contributed by atoms with E-state index in [1.54, 1.807) is 37.1 Å². The second kappa shape index (κ2) is 4.78. The van der Waals surface area contributed by atoms with Crippen molar-refractivity contribution in [3.63, 3.8) is 0 Å². The summed E-state index contributed by atoms with van der Waals surface area (Å²) >= 11 is 0. The van der Waals surface area contributed by atoms with Crippen molar-refractivity contribution in [3.8, 4) is 0 Å². The number of nitro benzene ring substituents is 1. The van der Waals surface area contributed by atoms with Gasteiger partial charge in [0.1, 0.15) is 11.1 Å². The SMILES string of the molecule is CON1C(C)(C)C(c2ccccc2[N+](=O)[O-])=[N+]([O-])C1(C)C. The molecule has 7 nitrogen and oxygen atoms in total. The molecule has 2 rings (SSSR count). The van der Waals surface area contributed by atoms with Gasteiger partial charge in [-0.2, -0.15) is 4.74 Å². The normalized spacial score (nSPS) is 20.8. The lowest BCUT2D eigenvalue weighted by Crippen LogP contribution is -2.52. The first-order valence-electron chi connectivity index (χ1n) is 6.58. The molecule has 0 fully saturated rings. The number of hydrogen-bond donors (Lipinski definition) is 0. The van der Waals surface area contributed by atoms with Gasteiger partial charge < -0.3 is 5.21 Å². The Balaban J connectivity index is 2.74. The zero-order chi connectivity index (χ0) is 16.0. The fourth-order valence-electron chi connectivity index (χ4n) is 3.11. The Morgan fingerprint density at radius 3 is 2.29 bits per heavy atom. The molecule has 0 amide bonds. The van der Waals surface area contributed by atoms with E-state index in [2.05, 4.69) is 0 Å². The smallest absolute Gasteiger partial charge is 0.283 e. The van der Waals surface area contributed by atoms with Crippen molar-refractivity contribution in [1.29, 1.82) is 0 Å². The van der Waals surface area contributed by atoms with E-state index >= 15 is 0 Å². The molecule has 1 aliphatic rings. The van der Waals surface area contributed by atoms with Crippen LogP contribution in [0.3, 0.4) is 0 Å². The van der Waals surface area contributed by atoms with Gasteiger partial charge in [0.15, 0.2) is 0 Å². The Labute approximate surface area is 123 Å². The molecule has 21 heavy (non-hydrogen) atoms. The molecule has 1 heterocycles. The highest BCUT2D eigenvalue weighted by molar-refractivity contribution is 6.07. The van der Waals surface area contributed by atoms with Gasteiger partial charge in [-0.05, 0) is 19.9 Å². The highest BCUT2D eigenvalue weighted by Crippen LogP contribution is 2.38. The summed E-state index contributed by atoms with van der Waals surface area (Å²) < 4.78 is 0.791. The van der Waals surface area contributed by atoms with Gasteiger partial charge in [-0.15, -0.1) is 5.06 Å². The summed E-state index contributed by atoms with van der Waals surface area (Å²) in [5.74, 6) is 0. The number of nitrogens with zero attached hydrogens (tertiary/aromatic N) is 3. The summed E-state index contributed by atoms with van der Waals surface area (Å²) in [5, 5.41) is 25.5. The van der Waals surface area contributed by atoms with Gasteiger partial charge in [0.25, 0.3) is 5.69 Å². The van der Waals surface area contributed by atoms with Crippen molar-refractivity contribution >= 4 is 11.4 Å². The van der Waals surface area contributed by atoms with Crippen LogP contribution in [0.4, 0.5) is 5.69 Å². The number of hydroxylamine groups is 3. The molecule has 1 aliphatic heterocycles. The van der Waals surface area contributed by atoms with Crippen LogP contribution >= 0.6 is 0 Å². The van der Waals surface area contributed by atoms with Crippen molar-refractivity contribution in [1.82, 2.24) is 5.06 Å². The Morgan fingerprint density at radius 1 is 1.24 bits per heavy atom. The molecule has 1 aromatic carbocycles. The molecular weight excluding hydrogens is 274 g/mol. The third-order valence-corrected chi connectivity index (χ3v) is 3.82. The summed E-state index contributed by atoms with van der Waals surface area (Å²) in [6, 6.07) is 6.25. The lowest BCUT2D eigenvalue weighted by molar-refractivity contribution is -0.582. The molecule has 114 valence electrons. The molecule has 0 N–H and O–H groups in total. The molecule has 0 bridgehead atoms. The topological polar surface area (TPSA) is 81.7 Å². The first kappa shape index (κ1) is 15.4. The van der Waals surface area contributed by atoms with Gasteiger partial charge in [0.05, 0.1) is 12.0 Å². The van der Waals surface area contributed by atoms with Crippen LogP contribution in [-0.2, 0) is 4.84 Å². The van der Waals surface area contributed by atoms with E-state index in [9.17, 15) is 15.3 Å². The van der Waals surface area contributed by atoms with E-state index in [0.717, 1.165) is 4.74 Å². The predicted molar refractivity (Wildman–Crippen MR) is 77.8 cm³/mol. The number of para-hydroxylation sites is 1. The third kappa shape index (κ3) is 2.09. The van der Waals surface area contributed by atoms with Crippen LogP contribution in [-0.4, -0.2) is 38.7 Å². The van der Waals surface area contributed by atoms with Gasteiger partial charge in [-0.3, -0.25) is 15.0 Å². The van der Waals surface area contributed by atoms with Crippen molar-refractivity contribution in [2.24, 2.45) is 0 Å². The lowest BCUT2D eigenvalue weighted by Gasteiger charge is -2.33. The van der Waals surface area contributed by atoms with E-state index in [1.807, 2.05) is 13.8 Å². The standard InChI is InChI=1S/C14H19N3O4/c1-13(2)12(15(18)14(3,4)17(13)21-5)10-8-6-7-9-11(10)16(19)20/h6-9H,1-5H3. The number of hydrogen-bond acceptors (Lipinski definition) is 5. The first-order chi connectivity index (χ1) is 9.65. The minimum absolute atomic E-state index is 0.0878. The van der Waals surface area contributed by atoms with E-state index in [-0.39, 0.29) is 5.69 Å². The highest BCUT2D eigenvalue weighted by Gasteiger charge is 2.59. The predicted octanol–water partition coefficient (Wildman–Crippen LogP) is 2.29. The Hall–Kier alpha value is -1.99. The second-order valence-corrected chi connectivity index (χ2v) is 5.95. The van der Waals surface area contributed by atoms with E-state index in [0.29, 0.717) is 11.3 Å². The zero-order valence-corrected chi connectivity index (χ0v) is 12.8. The van der Waals surface area contributed by atoms with Gasteiger partial charge >= 0.3 is 0 Å². The monoisotopic (exact) mass is 293 g/mol. The van der Waals surface area contributed by atoms with Crippen molar-refractivity contribution < 1.29 is 14.5 Å². The van der Waals surface area contributed by atoms with E-state index < -0.39 is 16.1 Å². The quantitative estimate of drug-likeness (QED) is 0.369. The van der Waals surface area contributed by atoms with Crippen LogP contribution in [0.2, 0.25) is 0 Å². The van der Waals surface area contributed by atoms with Crippen molar-refractivity contribution in [3.05, 3.63) is 45.2 Å². The van der Waals surface area contributed by atoms with Crippen LogP contribution in [0, 0.1) is 15.3 Å². The van der Waals surface area contributed by atoms with Gasteiger partial charge in [-0.1, -0.05) is 12.1 Å². The molecule has 1 aromatic rings. The highest BCUT2D eigenvalue weighted by atomic mass is 16.7. The summed E-state index contributed by atoms with van der Waals surface area (Å²) in [7, 11) is 1.49. The van der Waals surface area contributed by atoms with Gasteiger partial charge in [0.2, 0.25) is 11.4 Å². The fraction of sp³-hybridized carbons (Fsp3) is 0.500. The summed E-state index contributed by atoms with van der Waals surface area (Å²) in [6.07, 6.45) is 0. The van der Waals surface area contributed by atoms with E-state index in [4.69, 9.17) is 4.84 Å². The average molecular weight is 293 g/mol. The average Bonchev–Trinajstić information content (AvgIpc) is 2.51. The van der Waals surface area contributed by atoms with Crippen molar-refractivity contribution in [2.75, 3.05) is 7.11 Å². The summed E-state index contributed by atoms with van der Waals surface area (Å²) in [5.41, 5.74) is -1.21. The minimum atomic E-state index is -0.961. The number of nitro groups is 1. The number of benzene rings is 1. The van der Waals surface area contributed by atoms with Crippen LogP contribution < -0.4 is 0 Å². The maximum atomic E-state index is 12.7. The van der Waals surface area contributed by atoms with Crippen LogP contribution in [0.1, 0.15) is 33.3 Å². The van der Waals surface area contributed by atoms with Crippen LogP contribution in [0.25, 0.3) is 0 Å². The summed E-state index contributed by atoms with van der Waals surface area (Å²) in [4.78, 5) is 16.1. The van der Waals surface area contributed by atoms with Gasteiger partial charge in [0, 0.05) is 19.9 Å². The fourth-order valence-corrected chi connectivity index (χ4v) is 3.11. The molecular formula is C14H19N3O4. The Morgan fingerprint density at radius 2 is 1.81 bits per heavy atom. The molecule has 0 spiro atoms. The third-order valence-electron chi connectivity index (χ3n) is 3.82. The molecule has 0 saturated carbocycles. The Kier molecular flexibility index (Phi) is 3.51. The molecule has 0 atom stereocenters. The van der Waals surface area contributed by atoms with Crippen LogP contribution in [0.5, 0.6) is 0 Å². The Bertz CT molecular complexity index is 622. The molecule has 0 radical (unpaired) electrons. The summed E-state index contributed by atoms with van der Waals surface area (Å²) in [6.45, 7) is 7.05. The second-order valence-electron chi connectivity index (χ2n) is 5.95. The molecule has 7 heteroatoms. The largest absolute Gasteiger partial charge is 0.622 e. The molecule has 0 unspecified atom stereocenters. The van der Waals surface area contributed by atoms with Crippen molar-refractivity contribution in [2.45, 2.75) is 38.9 Å². The number of rotatable bonds is 3. The molecule has 0 aliphatic carbocycles.